The molecule has 27 heavy (non-hydrogen) atoms. The Labute approximate surface area is 174 Å². The number of hydrogen-bond acceptors (Lipinski definition) is 3. The lowest BCUT2D eigenvalue weighted by Gasteiger charge is -2.26. The molecule has 1 N–H and O–H groups in total. The fourth-order valence-corrected chi connectivity index (χ4v) is 3.99. The van der Waals surface area contributed by atoms with E-state index in [0.29, 0.717) is 40.4 Å². The van der Waals surface area contributed by atoms with Crippen LogP contribution >= 0.6 is 34.8 Å². The van der Waals surface area contributed by atoms with Gasteiger partial charge in [-0.15, -0.1) is 0 Å². The predicted molar refractivity (Wildman–Crippen MR) is 112 cm³/mol. The molecule has 0 radical (unpaired) electrons. The topological polar surface area (TPSA) is 48.5 Å². The Morgan fingerprint density at radius 1 is 1.11 bits per heavy atom. The lowest BCUT2D eigenvalue weighted by Crippen LogP contribution is -2.38. The Morgan fingerprint density at radius 2 is 1.81 bits per heavy atom. The zero-order valence-corrected chi connectivity index (χ0v) is 17.4. The summed E-state index contributed by atoms with van der Waals surface area (Å²) in [6, 6.07) is 5.36. The van der Waals surface area contributed by atoms with Crippen molar-refractivity contribution in [3.63, 3.8) is 0 Å². The maximum atomic E-state index is 12.7. The molecule has 1 saturated heterocycles. The number of benzene rings is 1. The molecular weight excluding hydrogens is 407 g/mol. The van der Waals surface area contributed by atoms with Crippen LogP contribution in [0.4, 0.5) is 16.2 Å². The van der Waals surface area contributed by atoms with E-state index in [2.05, 4.69) is 22.1 Å². The van der Waals surface area contributed by atoms with Gasteiger partial charge >= 0.3 is 6.03 Å². The van der Waals surface area contributed by atoms with Crippen LogP contribution in [0.5, 0.6) is 0 Å². The summed E-state index contributed by atoms with van der Waals surface area (Å²) >= 11 is 18.8. The van der Waals surface area contributed by atoms with Crippen LogP contribution in [-0.4, -0.2) is 42.1 Å². The molecule has 1 aliphatic rings. The Hall–Kier alpha value is -1.69. The summed E-state index contributed by atoms with van der Waals surface area (Å²) in [6.07, 6.45) is 3.17. The van der Waals surface area contributed by atoms with Crippen molar-refractivity contribution in [1.29, 1.82) is 0 Å². The maximum Gasteiger partial charge on any atom is 0.321 e. The first-order chi connectivity index (χ1) is 12.8. The van der Waals surface area contributed by atoms with Crippen LogP contribution in [0, 0.1) is 12.8 Å². The highest BCUT2D eigenvalue weighted by atomic mass is 35.5. The van der Waals surface area contributed by atoms with Crippen molar-refractivity contribution in [1.82, 2.24) is 9.88 Å². The number of halogens is 3. The smallest absolute Gasteiger partial charge is 0.321 e. The Balaban J connectivity index is 1.72. The third kappa shape index (κ3) is 4.78. The normalized spacial score (nSPS) is 17.6. The van der Waals surface area contributed by atoms with Gasteiger partial charge in [0.15, 0.2) is 0 Å². The van der Waals surface area contributed by atoms with Crippen molar-refractivity contribution in [3.8, 4) is 0 Å². The van der Waals surface area contributed by atoms with Crippen molar-refractivity contribution >= 4 is 52.2 Å². The first-order valence-corrected chi connectivity index (χ1v) is 9.84. The van der Waals surface area contributed by atoms with Gasteiger partial charge in [0.25, 0.3) is 0 Å². The second kappa shape index (κ2) is 8.55. The summed E-state index contributed by atoms with van der Waals surface area (Å²) in [5, 5.41) is 4.59. The van der Waals surface area contributed by atoms with Crippen molar-refractivity contribution in [3.05, 3.63) is 51.2 Å². The minimum atomic E-state index is -0.143. The molecule has 1 fully saturated rings. The summed E-state index contributed by atoms with van der Waals surface area (Å²) in [5.41, 5.74) is 2.43. The van der Waals surface area contributed by atoms with E-state index in [1.165, 1.54) is 0 Å². The number of nitrogens with zero attached hydrogens (tertiary/aromatic N) is 3. The number of anilines is 2. The van der Waals surface area contributed by atoms with E-state index in [4.69, 9.17) is 34.8 Å². The van der Waals surface area contributed by atoms with E-state index in [0.717, 1.165) is 17.8 Å². The van der Waals surface area contributed by atoms with E-state index in [-0.39, 0.29) is 11.9 Å². The van der Waals surface area contributed by atoms with Crippen LogP contribution in [0.25, 0.3) is 0 Å². The zero-order valence-electron chi connectivity index (χ0n) is 15.2. The molecule has 5 nitrogen and oxygen atoms in total. The average molecular weight is 428 g/mol. The molecule has 1 aromatic carbocycles. The van der Waals surface area contributed by atoms with Crippen molar-refractivity contribution in [2.24, 2.45) is 5.92 Å². The first-order valence-electron chi connectivity index (χ1n) is 8.71. The molecule has 8 heteroatoms. The highest BCUT2D eigenvalue weighted by Crippen LogP contribution is 2.33. The van der Waals surface area contributed by atoms with Gasteiger partial charge in [0.05, 0.1) is 15.7 Å². The van der Waals surface area contributed by atoms with Gasteiger partial charge in [-0.25, -0.2) is 4.79 Å². The summed E-state index contributed by atoms with van der Waals surface area (Å²) in [5.74, 6) is 0.250. The number of rotatable bonds is 2. The number of carbonyl (C=O) groups is 1. The van der Waals surface area contributed by atoms with Gasteiger partial charge in [-0.05, 0) is 30.5 Å². The van der Waals surface area contributed by atoms with Crippen LogP contribution in [0.3, 0.4) is 0 Å². The lowest BCUT2D eigenvalue weighted by molar-refractivity contribution is 0.210. The Kier molecular flexibility index (Phi) is 6.35. The van der Waals surface area contributed by atoms with Crippen LogP contribution in [0.15, 0.2) is 30.6 Å². The molecule has 0 spiro atoms. The molecular formula is C19H21Cl3N4O. The van der Waals surface area contributed by atoms with Crippen molar-refractivity contribution < 1.29 is 4.79 Å². The summed E-state index contributed by atoms with van der Waals surface area (Å²) < 4.78 is 0. The molecule has 0 bridgehead atoms. The van der Waals surface area contributed by atoms with E-state index in [1.54, 1.807) is 23.4 Å². The van der Waals surface area contributed by atoms with E-state index in [1.807, 2.05) is 19.1 Å². The van der Waals surface area contributed by atoms with Gasteiger partial charge in [0, 0.05) is 49.3 Å². The third-order valence-corrected chi connectivity index (χ3v) is 5.52. The molecule has 0 aliphatic carbocycles. The highest BCUT2D eigenvalue weighted by Gasteiger charge is 2.26. The number of urea groups is 1. The number of hydrogen-bond donors (Lipinski definition) is 1. The summed E-state index contributed by atoms with van der Waals surface area (Å²) in [7, 11) is 0. The minimum absolute atomic E-state index is 0.143. The van der Waals surface area contributed by atoms with E-state index in [9.17, 15) is 4.79 Å². The first kappa shape index (κ1) is 20.1. The molecule has 3 rings (SSSR count). The van der Waals surface area contributed by atoms with Gasteiger partial charge in [-0.2, -0.15) is 0 Å². The van der Waals surface area contributed by atoms with Gasteiger partial charge in [0.2, 0.25) is 0 Å². The molecule has 0 saturated carbocycles. The monoisotopic (exact) mass is 426 g/mol. The molecule has 2 heterocycles. The number of aromatic nitrogens is 1. The number of aryl methyl sites for hydroxylation is 1. The van der Waals surface area contributed by atoms with Gasteiger partial charge in [-0.1, -0.05) is 47.8 Å². The van der Waals surface area contributed by atoms with Crippen LogP contribution < -0.4 is 10.2 Å². The molecule has 2 amide bonds. The fraction of sp³-hybridized carbons (Fsp3) is 0.368. The largest absolute Gasteiger partial charge is 0.367 e. The number of carbonyl (C=O) groups excluding carboxylic acids is 1. The van der Waals surface area contributed by atoms with Gasteiger partial charge in [-0.3, -0.25) is 4.98 Å². The Bertz CT molecular complexity index is 825. The van der Waals surface area contributed by atoms with Crippen LogP contribution in [0.2, 0.25) is 15.1 Å². The third-order valence-electron chi connectivity index (χ3n) is 4.56. The number of pyridine rings is 1. The van der Waals surface area contributed by atoms with Crippen molar-refractivity contribution in [2.45, 2.75) is 13.8 Å². The quantitative estimate of drug-likeness (QED) is 0.703. The molecule has 144 valence electrons. The zero-order chi connectivity index (χ0) is 19.6. The average Bonchev–Trinajstić information content (AvgIpc) is 2.80. The highest BCUT2D eigenvalue weighted by molar-refractivity contribution is 6.38. The fourth-order valence-electron chi connectivity index (χ4n) is 3.20. The maximum absolute atomic E-state index is 12.7. The molecule has 1 atom stereocenters. The molecule has 1 unspecified atom stereocenters. The molecule has 2 aromatic rings. The Morgan fingerprint density at radius 3 is 2.48 bits per heavy atom. The van der Waals surface area contributed by atoms with Gasteiger partial charge in [0.1, 0.15) is 0 Å². The second-order valence-electron chi connectivity index (χ2n) is 6.84. The van der Waals surface area contributed by atoms with Crippen LogP contribution in [0.1, 0.15) is 12.5 Å². The molecule has 1 aromatic heterocycles. The second-order valence-corrected chi connectivity index (χ2v) is 8.06. The SMILES string of the molecule is Cc1ccc(NC(=O)N2CCN(c3c(Cl)cncc3Cl)CC(C)C2)cc1Cl. The van der Waals surface area contributed by atoms with Crippen molar-refractivity contribution in [2.75, 3.05) is 36.4 Å². The lowest BCUT2D eigenvalue weighted by atomic mass is 10.1. The standard InChI is InChI=1S/C19H21Cl3N4O/c1-12-10-25(18-16(21)8-23-9-17(18)22)5-6-26(11-12)19(27)24-14-4-3-13(2)15(20)7-14/h3-4,7-9,12H,5-6,10-11H2,1-2H3,(H,24,27). The molecule has 1 aliphatic heterocycles. The predicted octanol–water partition coefficient (Wildman–Crippen LogP) is 5.34. The van der Waals surface area contributed by atoms with E-state index < -0.39 is 0 Å². The number of nitrogens with one attached hydrogen (secondary N) is 1. The summed E-state index contributed by atoms with van der Waals surface area (Å²) in [6.45, 7) is 6.62. The minimum Gasteiger partial charge on any atom is -0.367 e. The van der Waals surface area contributed by atoms with Crippen LogP contribution in [-0.2, 0) is 0 Å². The van der Waals surface area contributed by atoms with E-state index >= 15 is 0 Å². The summed E-state index contributed by atoms with van der Waals surface area (Å²) in [4.78, 5) is 20.7. The van der Waals surface area contributed by atoms with Gasteiger partial charge < -0.3 is 15.1 Å². The number of amides is 2.